The van der Waals surface area contributed by atoms with Crippen LogP contribution >= 0.6 is 0 Å². The molecule has 2 aliphatic heterocycles. The van der Waals surface area contributed by atoms with Gasteiger partial charge in [-0.05, 0) is 44.9 Å². The van der Waals surface area contributed by atoms with E-state index < -0.39 is 23.0 Å². The molecule has 2 N–H and O–H groups in total. The number of amides is 4. The Balaban J connectivity index is 1.80. The molecule has 1 aromatic rings. The van der Waals surface area contributed by atoms with Gasteiger partial charge < -0.3 is 20.1 Å². The number of rotatable bonds is 5. The maximum Gasteiger partial charge on any atom is 0.325 e. The van der Waals surface area contributed by atoms with Crippen molar-refractivity contribution in [1.82, 2.24) is 15.5 Å². The van der Waals surface area contributed by atoms with E-state index in [-0.39, 0.29) is 12.5 Å². The van der Waals surface area contributed by atoms with Crippen molar-refractivity contribution in [1.29, 1.82) is 0 Å². The second-order valence-corrected chi connectivity index (χ2v) is 7.94. The van der Waals surface area contributed by atoms with E-state index in [1.165, 1.54) is 0 Å². The Kier molecular flexibility index (Phi) is 5.23. The molecule has 2 aliphatic rings. The summed E-state index contributed by atoms with van der Waals surface area (Å²) in [6.45, 7) is 8.12. The fourth-order valence-electron chi connectivity index (χ4n) is 3.16. The number of ether oxygens (including phenoxy) is 2. The summed E-state index contributed by atoms with van der Waals surface area (Å²) in [6, 6.07) is 4.58. The minimum Gasteiger partial charge on any atom is -0.490 e. The monoisotopic (exact) mass is 389 g/mol. The summed E-state index contributed by atoms with van der Waals surface area (Å²) in [4.78, 5) is 38.8. The molecule has 1 aromatic carbocycles. The molecule has 2 heterocycles. The van der Waals surface area contributed by atoms with Gasteiger partial charge in [0.15, 0.2) is 11.5 Å². The van der Waals surface area contributed by atoms with Gasteiger partial charge in [0.25, 0.3) is 5.91 Å². The second kappa shape index (κ2) is 7.33. The van der Waals surface area contributed by atoms with E-state index in [0.717, 1.165) is 17.7 Å². The lowest BCUT2D eigenvalue weighted by molar-refractivity contribution is -0.135. The Labute approximate surface area is 164 Å². The molecule has 152 valence electrons. The molecule has 0 aliphatic carbocycles. The van der Waals surface area contributed by atoms with Gasteiger partial charge in [-0.1, -0.05) is 13.0 Å². The Morgan fingerprint density at radius 2 is 1.93 bits per heavy atom. The van der Waals surface area contributed by atoms with Crippen LogP contribution in [-0.2, 0) is 15.1 Å². The minimum absolute atomic E-state index is 0.325. The van der Waals surface area contributed by atoms with Gasteiger partial charge in [-0.25, -0.2) is 4.79 Å². The van der Waals surface area contributed by atoms with Gasteiger partial charge in [-0.15, -0.1) is 0 Å². The Morgan fingerprint density at radius 3 is 2.61 bits per heavy atom. The number of hydrogen-bond donors (Lipinski definition) is 2. The van der Waals surface area contributed by atoms with Crippen molar-refractivity contribution in [3.8, 4) is 11.5 Å². The highest BCUT2D eigenvalue weighted by atomic mass is 16.5. The van der Waals surface area contributed by atoms with Crippen molar-refractivity contribution in [2.75, 3.05) is 19.8 Å². The molecular weight excluding hydrogens is 362 g/mol. The van der Waals surface area contributed by atoms with E-state index in [1.807, 2.05) is 20.8 Å². The van der Waals surface area contributed by atoms with E-state index in [4.69, 9.17) is 9.47 Å². The van der Waals surface area contributed by atoms with Gasteiger partial charge in [-0.2, -0.15) is 0 Å². The molecule has 1 unspecified atom stereocenters. The molecule has 8 heteroatoms. The lowest BCUT2D eigenvalue weighted by Gasteiger charge is -2.26. The molecular formula is C20H27N3O5. The van der Waals surface area contributed by atoms with Crippen LogP contribution in [-0.4, -0.2) is 48.0 Å². The maximum atomic E-state index is 13.0. The molecule has 28 heavy (non-hydrogen) atoms. The summed E-state index contributed by atoms with van der Waals surface area (Å²) in [5.41, 5.74) is -1.11. The Hall–Kier alpha value is -2.77. The van der Waals surface area contributed by atoms with Gasteiger partial charge in [0.1, 0.15) is 12.1 Å². The van der Waals surface area contributed by atoms with Gasteiger partial charge in [0, 0.05) is 12.0 Å². The summed E-state index contributed by atoms with van der Waals surface area (Å²) in [6.07, 6.45) is 1.50. The number of imide groups is 1. The molecule has 0 aromatic heterocycles. The van der Waals surface area contributed by atoms with E-state index in [9.17, 15) is 14.4 Å². The largest absolute Gasteiger partial charge is 0.490 e. The van der Waals surface area contributed by atoms with Crippen molar-refractivity contribution in [2.24, 2.45) is 0 Å². The number of hydrogen-bond acceptors (Lipinski definition) is 5. The first-order chi connectivity index (χ1) is 13.2. The summed E-state index contributed by atoms with van der Waals surface area (Å²) >= 11 is 0. The minimum atomic E-state index is -1.28. The van der Waals surface area contributed by atoms with Gasteiger partial charge in [-0.3, -0.25) is 14.5 Å². The molecule has 0 radical (unpaired) electrons. The topological polar surface area (TPSA) is 97.0 Å². The molecule has 0 bridgehead atoms. The van der Waals surface area contributed by atoms with Crippen molar-refractivity contribution < 1.29 is 23.9 Å². The lowest BCUT2D eigenvalue weighted by atomic mass is 9.91. The zero-order valence-corrected chi connectivity index (χ0v) is 16.8. The molecule has 1 fully saturated rings. The first-order valence-corrected chi connectivity index (χ1v) is 9.51. The number of fused-ring (bicyclic) bond motifs is 1. The third kappa shape index (κ3) is 3.76. The predicted molar refractivity (Wildman–Crippen MR) is 102 cm³/mol. The number of carbonyl (C=O) groups excluding carboxylic acids is 3. The average Bonchev–Trinajstić information content (AvgIpc) is 2.82. The van der Waals surface area contributed by atoms with Crippen LogP contribution in [0.3, 0.4) is 0 Å². The molecule has 8 nitrogen and oxygen atoms in total. The molecule has 4 amide bonds. The van der Waals surface area contributed by atoms with E-state index in [1.54, 1.807) is 25.1 Å². The molecule has 0 spiro atoms. The van der Waals surface area contributed by atoms with Gasteiger partial charge in [0.05, 0.1) is 13.2 Å². The Bertz CT molecular complexity index is 807. The van der Waals surface area contributed by atoms with Crippen LogP contribution in [0.15, 0.2) is 18.2 Å². The number of urea groups is 1. The molecule has 3 rings (SSSR count). The maximum absolute atomic E-state index is 13.0. The Morgan fingerprint density at radius 1 is 1.25 bits per heavy atom. The van der Waals surface area contributed by atoms with Crippen LogP contribution in [0.5, 0.6) is 11.5 Å². The van der Waals surface area contributed by atoms with Crippen molar-refractivity contribution in [2.45, 2.75) is 51.6 Å². The summed E-state index contributed by atoms with van der Waals surface area (Å²) in [5.74, 6) is 0.300. The number of carbonyl (C=O) groups is 3. The fraction of sp³-hybridized carbons (Fsp3) is 0.550. The second-order valence-electron chi connectivity index (χ2n) is 7.94. The summed E-state index contributed by atoms with van der Waals surface area (Å²) in [7, 11) is 0. The van der Waals surface area contributed by atoms with Crippen molar-refractivity contribution in [3.63, 3.8) is 0 Å². The number of nitrogens with one attached hydrogen (secondary N) is 2. The highest BCUT2D eigenvalue weighted by molar-refractivity contribution is 6.09. The number of benzene rings is 1. The van der Waals surface area contributed by atoms with Crippen molar-refractivity contribution >= 4 is 17.8 Å². The van der Waals surface area contributed by atoms with Crippen molar-refractivity contribution in [3.05, 3.63) is 23.8 Å². The number of nitrogens with zero attached hydrogens (tertiary/aromatic N) is 1. The van der Waals surface area contributed by atoms with Crippen LogP contribution in [0.1, 0.15) is 46.1 Å². The molecule has 0 saturated carbocycles. The zero-order valence-electron chi connectivity index (χ0n) is 16.8. The third-order valence-electron chi connectivity index (χ3n) is 5.26. The molecule has 1 atom stereocenters. The van der Waals surface area contributed by atoms with Crippen LogP contribution < -0.4 is 20.1 Å². The molecule has 1 saturated heterocycles. The normalized spacial score (nSPS) is 21.9. The quantitative estimate of drug-likeness (QED) is 0.750. The van der Waals surface area contributed by atoms with E-state index in [0.29, 0.717) is 30.3 Å². The standard InChI is InChI=1S/C20H27N3O5/c1-5-19(2,3)21-16(24)12-23-17(25)20(4,22-18(23)26)13-7-8-14-15(11-13)28-10-6-9-27-14/h7-8,11H,5-6,9-10,12H2,1-4H3,(H,21,24)(H,22,26). The first kappa shape index (κ1) is 20.0. The first-order valence-electron chi connectivity index (χ1n) is 9.51. The SMILES string of the molecule is CCC(C)(C)NC(=O)CN1C(=O)NC(C)(c2ccc3c(c2)OCCCO3)C1=O. The van der Waals surface area contributed by atoms with E-state index >= 15 is 0 Å². The highest BCUT2D eigenvalue weighted by Crippen LogP contribution is 2.36. The average molecular weight is 389 g/mol. The van der Waals surface area contributed by atoms with E-state index in [2.05, 4.69) is 10.6 Å². The van der Waals surface area contributed by atoms with Crippen LogP contribution in [0, 0.1) is 0 Å². The fourth-order valence-corrected chi connectivity index (χ4v) is 3.16. The van der Waals surface area contributed by atoms with Gasteiger partial charge >= 0.3 is 6.03 Å². The highest BCUT2D eigenvalue weighted by Gasteiger charge is 2.50. The smallest absolute Gasteiger partial charge is 0.325 e. The van der Waals surface area contributed by atoms with Crippen LogP contribution in [0.4, 0.5) is 4.79 Å². The third-order valence-corrected chi connectivity index (χ3v) is 5.26. The predicted octanol–water partition coefficient (Wildman–Crippen LogP) is 1.92. The van der Waals surface area contributed by atoms with Crippen LogP contribution in [0.25, 0.3) is 0 Å². The summed E-state index contributed by atoms with van der Waals surface area (Å²) in [5, 5.41) is 5.55. The summed E-state index contributed by atoms with van der Waals surface area (Å²) < 4.78 is 11.3. The van der Waals surface area contributed by atoms with Gasteiger partial charge in [0.2, 0.25) is 5.91 Å². The lowest BCUT2D eigenvalue weighted by Crippen LogP contribution is -2.49. The zero-order chi connectivity index (χ0) is 20.5. The van der Waals surface area contributed by atoms with Crippen LogP contribution in [0.2, 0.25) is 0 Å².